The molecule has 2 aromatic heterocycles. The third kappa shape index (κ3) is 3.12. The highest BCUT2D eigenvalue weighted by Gasteiger charge is 2.35. The van der Waals surface area contributed by atoms with Crippen LogP contribution >= 0.6 is 0 Å². The third-order valence-electron chi connectivity index (χ3n) is 5.70. The molecule has 0 aliphatic heterocycles. The van der Waals surface area contributed by atoms with Gasteiger partial charge in [0.05, 0.1) is 12.1 Å². The van der Waals surface area contributed by atoms with E-state index < -0.39 is 0 Å². The van der Waals surface area contributed by atoms with Crippen molar-refractivity contribution in [3.05, 3.63) is 87.7 Å². The number of aromatic nitrogens is 2. The molecular weight excluding hydrogens is 350 g/mol. The van der Waals surface area contributed by atoms with E-state index in [9.17, 15) is 4.79 Å². The molecule has 0 fully saturated rings. The number of nitrogens with zero attached hydrogens (tertiary/aromatic N) is 2. The van der Waals surface area contributed by atoms with E-state index in [2.05, 4.69) is 43.1 Å². The normalized spacial score (nSPS) is 21.9. The molecule has 2 unspecified atom stereocenters. The molecule has 1 aromatic carbocycles. The lowest BCUT2D eigenvalue weighted by molar-refractivity contribution is 0.369. The van der Waals surface area contributed by atoms with Crippen molar-refractivity contribution in [2.45, 2.75) is 33.2 Å². The maximum atomic E-state index is 12.4. The molecule has 0 saturated carbocycles. The fourth-order valence-electron chi connectivity index (χ4n) is 4.15. The molecule has 2 heterocycles. The lowest BCUT2D eigenvalue weighted by Gasteiger charge is -2.37. The molecule has 2 atom stereocenters. The van der Waals surface area contributed by atoms with Crippen LogP contribution in [0.25, 0.3) is 11.1 Å². The molecule has 3 aromatic rings. The summed E-state index contributed by atoms with van der Waals surface area (Å²) in [5.74, 6) is -0.231. The maximum Gasteiger partial charge on any atom is 0.420 e. The summed E-state index contributed by atoms with van der Waals surface area (Å²) in [5.41, 5.74) is 11.6. The Bertz CT molecular complexity index is 1150. The van der Waals surface area contributed by atoms with Crippen LogP contribution in [0.3, 0.4) is 0 Å². The summed E-state index contributed by atoms with van der Waals surface area (Å²) in [6.45, 7) is 7.24. The molecule has 0 amide bonds. The van der Waals surface area contributed by atoms with Crippen molar-refractivity contribution in [1.82, 2.24) is 9.55 Å². The zero-order valence-corrected chi connectivity index (χ0v) is 16.5. The summed E-state index contributed by atoms with van der Waals surface area (Å²) >= 11 is 0. The number of nitrogens with two attached hydrogens (primary N) is 1. The lowest BCUT2D eigenvalue weighted by Crippen LogP contribution is -2.34. The second kappa shape index (κ2) is 6.91. The number of oxazole rings is 1. The Kier molecular flexibility index (Phi) is 4.55. The van der Waals surface area contributed by atoms with Crippen molar-refractivity contribution >= 4 is 11.1 Å². The number of pyridine rings is 1. The molecule has 2 N–H and O–H groups in total. The average Bonchev–Trinajstić information content (AvgIpc) is 2.96. The van der Waals surface area contributed by atoms with Gasteiger partial charge < -0.3 is 10.2 Å². The first-order valence-electron chi connectivity index (χ1n) is 9.52. The van der Waals surface area contributed by atoms with Crippen LogP contribution in [0.15, 0.2) is 69.5 Å². The molecule has 28 heavy (non-hydrogen) atoms. The largest absolute Gasteiger partial charge is 0.420 e. The minimum atomic E-state index is -0.345. The fraction of sp³-hybridized carbons (Fsp3) is 0.304. The summed E-state index contributed by atoms with van der Waals surface area (Å²) in [5, 5.41) is 0. The predicted molar refractivity (Wildman–Crippen MR) is 111 cm³/mol. The first-order chi connectivity index (χ1) is 13.4. The molecule has 5 heteroatoms. The number of hydrogen-bond donors (Lipinski definition) is 1. The Morgan fingerprint density at radius 2 is 2.07 bits per heavy atom. The summed E-state index contributed by atoms with van der Waals surface area (Å²) in [7, 11) is 0. The maximum absolute atomic E-state index is 12.4. The van der Waals surface area contributed by atoms with Gasteiger partial charge in [-0.15, -0.1) is 0 Å². The second-order valence-electron chi connectivity index (χ2n) is 7.93. The summed E-state index contributed by atoms with van der Waals surface area (Å²) in [6, 6.07) is 9.83. The number of allylic oxidation sites excluding steroid dienone is 3. The van der Waals surface area contributed by atoms with Gasteiger partial charge in [-0.1, -0.05) is 36.8 Å². The van der Waals surface area contributed by atoms with Gasteiger partial charge in [0.1, 0.15) is 0 Å². The fourth-order valence-corrected chi connectivity index (χ4v) is 4.15. The smallest absolute Gasteiger partial charge is 0.408 e. The standard InChI is InChI=1S/C23H25N3O2/c1-15-6-7-19-20(11-15)28-22(27)26(19)13-17-8-10-25-18(12-17)21-16(2)5-4-9-23(21,3)14-24/h4-12,21H,13-14,24H2,1-3H3. The molecule has 0 radical (unpaired) electrons. The van der Waals surface area contributed by atoms with E-state index in [0.717, 1.165) is 22.3 Å². The molecular formula is C23H25N3O2. The minimum absolute atomic E-state index is 0.114. The average molecular weight is 375 g/mol. The van der Waals surface area contributed by atoms with E-state index in [0.29, 0.717) is 18.7 Å². The molecule has 0 saturated heterocycles. The molecule has 1 aliphatic rings. The number of fused-ring (bicyclic) bond motifs is 1. The van der Waals surface area contributed by atoms with Gasteiger partial charge in [-0.3, -0.25) is 9.55 Å². The van der Waals surface area contributed by atoms with Gasteiger partial charge >= 0.3 is 5.76 Å². The van der Waals surface area contributed by atoms with Gasteiger partial charge in [0, 0.05) is 29.8 Å². The van der Waals surface area contributed by atoms with Gasteiger partial charge in [0.25, 0.3) is 0 Å². The highest BCUT2D eigenvalue weighted by atomic mass is 16.4. The van der Waals surface area contributed by atoms with E-state index >= 15 is 0 Å². The predicted octanol–water partition coefficient (Wildman–Crippen LogP) is 3.91. The minimum Gasteiger partial charge on any atom is -0.408 e. The third-order valence-corrected chi connectivity index (χ3v) is 5.70. The van der Waals surface area contributed by atoms with Gasteiger partial charge in [-0.05, 0) is 49.2 Å². The van der Waals surface area contributed by atoms with E-state index in [4.69, 9.17) is 10.2 Å². The summed E-state index contributed by atoms with van der Waals surface area (Å²) < 4.78 is 7.09. The van der Waals surface area contributed by atoms with Crippen molar-refractivity contribution in [1.29, 1.82) is 0 Å². The van der Waals surface area contributed by atoms with Gasteiger partial charge in [0.15, 0.2) is 5.58 Å². The van der Waals surface area contributed by atoms with E-state index in [1.54, 1.807) is 4.57 Å². The van der Waals surface area contributed by atoms with Crippen molar-refractivity contribution in [3.63, 3.8) is 0 Å². The van der Waals surface area contributed by atoms with Crippen molar-refractivity contribution in [2.75, 3.05) is 6.54 Å². The highest BCUT2D eigenvalue weighted by Crippen LogP contribution is 2.43. The molecule has 0 bridgehead atoms. The summed E-state index contributed by atoms with van der Waals surface area (Å²) in [6.07, 6.45) is 8.16. The van der Waals surface area contributed by atoms with Gasteiger partial charge in [0.2, 0.25) is 0 Å². The SMILES string of the molecule is CC1=CC=CC(C)(CN)C1c1cc(Cn2c(=O)oc3cc(C)ccc32)ccn1. The quantitative estimate of drug-likeness (QED) is 0.750. The van der Waals surface area contributed by atoms with Crippen LogP contribution < -0.4 is 11.5 Å². The molecule has 0 spiro atoms. The van der Waals surface area contributed by atoms with Crippen LogP contribution in [0.4, 0.5) is 0 Å². The van der Waals surface area contributed by atoms with Crippen LogP contribution in [0.5, 0.6) is 0 Å². The molecule has 144 valence electrons. The molecule has 5 nitrogen and oxygen atoms in total. The lowest BCUT2D eigenvalue weighted by atomic mass is 9.69. The number of benzene rings is 1. The van der Waals surface area contributed by atoms with Crippen molar-refractivity contribution in [2.24, 2.45) is 11.1 Å². The second-order valence-corrected chi connectivity index (χ2v) is 7.93. The van der Waals surface area contributed by atoms with Crippen LogP contribution in [0, 0.1) is 12.3 Å². The first kappa shape index (κ1) is 18.4. The monoisotopic (exact) mass is 375 g/mol. The Morgan fingerprint density at radius 3 is 2.86 bits per heavy atom. The van der Waals surface area contributed by atoms with E-state index in [-0.39, 0.29) is 17.1 Å². The molecule has 4 rings (SSSR count). The number of aryl methyl sites for hydroxylation is 1. The topological polar surface area (TPSA) is 74.0 Å². The zero-order valence-electron chi connectivity index (χ0n) is 16.5. The van der Waals surface area contributed by atoms with Gasteiger partial charge in [-0.2, -0.15) is 0 Å². The van der Waals surface area contributed by atoms with Crippen LogP contribution in [-0.2, 0) is 6.54 Å². The Balaban J connectivity index is 1.73. The number of hydrogen-bond acceptors (Lipinski definition) is 4. The van der Waals surface area contributed by atoms with Gasteiger partial charge in [-0.25, -0.2) is 4.79 Å². The number of rotatable bonds is 4. The van der Waals surface area contributed by atoms with Crippen molar-refractivity contribution < 1.29 is 4.42 Å². The van der Waals surface area contributed by atoms with Crippen LogP contribution in [-0.4, -0.2) is 16.1 Å². The zero-order chi connectivity index (χ0) is 19.9. The van der Waals surface area contributed by atoms with Crippen molar-refractivity contribution in [3.8, 4) is 0 Å². The van der Waals surface area contributed by atoms with Crippen LogP contribution in [0.2, 0.25) is 0 Å². The Morgan fingerprint density at radius 1 is 1.25 bits per heavy atom. The van der Waals surface area contributed by atoms with Crippen LogP contribution in [0.1, 0.15) is 36.6 Å². The first-order valence-corrected chi connectivity index (χ1v) is 9.52. The Labute approximate surface area is 164 Å². The Hall–Kier alpha value is -2.92. The molecule has 1 aliphatic carbocycles. The highest BCUT2D eigenvalue weighted by molar-refractivity contribution is 5.73. The van der Waals surface area contributed by atoms with E-state index in [1.165, 1.54) is 5.57 Å². The summed E-state index contributed by atoms with van der Waals surface area (Å²) in [4.78, 5) is 17.0. The van der Waals surface area contributed by atoms with E-state index in [1.807, 2.05) is 37.4 Å².